The molecule has 5 nitrogen and oxygen atoms in total. The first-order valence-corrected chi connectivity index (χ1v) is 10.3. The molecule has 0 aliphatic rings. The van der Waals surface area contributed by atoms with Crippen LogP contribution in [0.1, 0.15) is 34.3 Å². The van der Waals surface area contributed by atoms with E-state index < -0.39 is 35.0 Å². The van der Waals surface area contributed by atoms with Crippen molar-refractivity contribution in [3.63, 3.8) is 0 Å². The van der Waals surface area contributed by atoms with Crippen LogP contribution in [0, 0.1) is 5.82 Å². The molecule has 3 rings (SSSR count). The van der Waals surface area contributed by atoms with E-state index in [1.165, 1.54) is 50.4 Å². The summed E-state index contributed by atoms with van der Waals surface area (Å²) < 4.78 is 66.1. The van der Waals surface area contributed by atoms with Gasteiger partial charge in [-0.15, -0.1) is 0 Å². The summed E-state index contributed by atoms with van der Waals surface area (Å²) in [5, 5.41) is 10.8. The Hall–Kier alpha value is -3.17. The van der Waals surface area contributed by atoms with Crippen molar-refractivity contribution in [1.29, 1.82) is 0 Å². The van der Waals surface area contributed by atoms with Crippen LogP contribution in [0.15, 0.2) is 54.7 Å². The van der Waals surface area contributed by atoms with Gasteiger partial charge in [0.1, 0.15) is 5.82 Å². The van der Waals surface area contributed by atoms with Gasteiger partial charge in [0.15, 0.2) is 5.60 Å². The molecule has 1 aromatic heterocycles. The van der Waals surface area contributed by atoms with Crippen molar-refractivity contribution in [2.75, 3.05) is 14.2 Å². The van der Waals surface area contributed by atoms with E-state index in [0.29, 0.717) is 11.1 Å². The van der Waals surface area contributed by atoms with Crippen LogP contribution in [0.5, 0.6) is 5.88 Å². The topological polar surface area (TPSA) is 68.7 Å². The molecule has 2 atom stereocenters. The number of hydrogen-bond donors (Lipinski definition) is 1. The first-order valence-electron chi connectivity index (χ1n) is 9.91. The number of carbonyl (C=O) groups excluding carboxylic acids is 1. The first-order chi connectivity index (χ1) is 15.9. The van der Waals surface area contributed by atoms with Crippen molar-refractivity contribution >= 4 is 17.6 Å². The zero-order valence-corrected chi connectivity index (χ0v) is 19.0. The Morgan fingerprint density at radius 3 is 2.21 bits per heavy atom. The van der Waals surface area contributed by atoms with Gasteiger partial charge in [0, 0.05) is 28.8 Å². The summed E-state index contributed by atoms with van der Waals surface area (Å²) in [6, 6.07) is 10.2. The number of pyridine rings is 1. The maximum atomic E-state index is 14.3. The summed E-state index contributed by atoms with van der Waals surface area (Å²) in [6.07, 6.45) is -4.16. The van der Waals surface area contributed by atoms with Crippen LogP contribution in [0.2, 0.25) is 5.02 Å². The van der Waals surface area contributed by atoms with Crippen LogP contribution < -0.4 is 4.74 Å². The lowest BCUT2D eigenvalue weighted by Crippen LogP contribution is -2.46. The van der Waals surface area contributed by atoms with Gasteiger partial charge in [0.2, 0.25) is 5.88 Å². The fraction of sp³-hybridized carbons (Fsp3) is 0.250. The molecule has 0 fully saturated rings. The Bertz CT molecular complexity index is 1200. The van der Waals surface area contributed by atoms with Gasteiger partial charge in [-0.25, -0.2) is 14.2 Å². The molecule has 0 unspecified atom stereocenters. The summed E-state index contributed by atoms with van der Waals surface area (Å²) in [6.45, 7) is 1.20. The summed E-state index contributed by atoms with van der Waals surface area (Å²) in [7, 11) is 2.44. The van der Waals surface area contributed by atoms with Crippen LogP contribution in [0.3, 0.4) is 0 Å². The number of carbonyl (C=O) groups is 1. The maximum Gasteiger partial charge on any atom is 0.422 e. The Kier molecular flexibility index (Phi) is 7.18. The molecule has 0 spiro atoms. The maximum absolute atomic E-state index is 14.3. The summed E-state index contributed by atoms with van der Waals surface area (Å²) in [5.41, 5.74) is -3.27. The van der Waals surface area contributed by atoms with Gasteiger partial charge >= 0.3 is 12.1 Å². The fourth-order valence-corrected chi connectivity index (χ4v) is 3.98. The number of alkyl halides is 3. The molecule has 1 N–H and O–H groups in total. The molecule has 0 saturated carbocycles. The molecule has 34 heavy (non-hydrogen) atoms. The highest BCUT2D eigenvalue weighted by atomic mass is 35.5. The lowest BCUT2D eigenvalue weighted by molar-refractivity contribution is -0.274. The minimum absolute atomic E-state index is 0.0210. The van der Waals surface area contributed by atoms with Crippen LogP contribution in [-0.2, 0) is 10.3 Å². The number of rotatable bonds is 6. The average molecular weight is 498 g/mol. The van der Waals surface area contributed by atoms with Gasteiger partial charge in [-0.3, -0.25) is 0 Å². The molecule has 0 aliphatic carbocycles. The number of aromatic nitrogens is 1. The van der Waals surface area contributed by atoms with Crippen molar-refractivity contribution in [3.8, 4) is 17.0 Å². The molecule has 0 amide bonds. The van der Waals surface area contributed by atoms with Gasteiger partial charge in [-0.2, -0.15) is 13.2 Å². The van der Waals surface area contributed by atoms with Gasteiger partial charge < -0.3 is 14.6 Å². The van der Waals surface area contributed by atoms with E-state index in [1.807, 2.05) is 0 Å². The largest absolute Gasteiger partial charge is 0.481 e. The third kappa shape index (κ3) is 4.58. The van der Waals surface area contributed by atoms with Gasteiger partial charge in [0.25, 0.3) is 0 Å². The Morgan fingerprint density at radius 1 is 1.06 bits per heavy atom. The number of benzene rings is 2. The number of nitrogens with zero attached hydrogens (tertiary/aromatic N) is 1. The number of esters is 1. The predicted molar refractivity (Wildman–Crippen MR) is 117 cm³/mol. The van der Waals surface area contributed by atoms with Crippen molar-refractivity contribution in [2.45, 2.75) is 24.6 Å². The molecule has 2 aromatic carbocycles. The van der Waals surface area contributed by atoms with E-state index in [1.54, 1.807) is 0 Å². The number of hydrogen-bond acceptors (Lipinski definition) is 5. The summed E-state index contributed by atoms with van der Waals surface area (Å²) in [5.74, 6) is -3.10. The minimum atomic E-state index is -5.06. The number of aliphatic hydroxyl groups is 1. The second-order valence-corrected chi connectivity index (χ2v) is 7.90. The van der Waals surface area contributed by atoms with Crippen molar-refractivity contribution < 1.29 is 36.9 Å². The Balaban J connectivity index is 2.02. The van der Waals surface area contributed by atoms with E-state index in [-0.39, 0.29) is 22.0 Å². The standard InChI is InChI=1S/C24H20ClF4NO4/c1-13(23(32,24(27,28)29)16-6-9-21(33-2)30-12-16)17-7-4-14(10-19(17)25)15-5-8-18(20(26)11-15)22(31)34-3/h4-13,32H,1-3H3/t13-,23-/m0/s1. The molecule has 0 aliphatic heterocycles. The third-order valence-corrected chi connectivity index (χ3v) is 5.95. The minimum Gasteiger partial charge on any atom is -0.481 e. The van der Waals surface area contributed by atoms with Crippen molar-refractivity contribution in [1.82, 2.24) is 4.98 Å². The van der Waals surface area contributed by atoms with Crippen LogP contribution in [-0.4, -0.2) is 36.5 Å². The Labute approximate surface area is 197 Å². The highest BCUT2D eigenvalue weighted by Crippen LogP contribution is 2.50. The quantitative estimate of drug-likeness (QED) is 0.340. The second kappa shape index (κ2) is 9.60. The van der Waals surface area contributed by atoms with Crippen LogP contribution >= 0.6 is 11.6 Å². The van der Waals surface area contributed by atoms with Crippen molar-refractivity contribution in [2.24, 2.45) is 0 Å². The zero-order chi connectivity index (χ0) is 25.3. The number of halogens is 5. The van der Waals surface area contributed by atoms with Gasteiger partial charge in [-0.1, -0.05) is 36.7 Å². The molecule has 0 bridgehead atoms. The first kappa shape index (κ1) is 25.5. The van der Waals surface area contributed by atoms with Gasteiger partial charge in [0.05, 0.1) is 19.8 Å². The van der Waals surface area contributed by atoms with Crippen molar-refractivity contribution in [3.05, 3.63) is 82.3 Å². The van der Waals surface area contributed by atoms with E-state index >= 15 is 0 Å². The predicted octanol–water partition coefficient (Wildman–Crippen LogP) is 5.89. The van der Waals surface area contributed by atoms with E-state index in [2.05, 4.69) is 9.72 Å². The molecular formula is C24H20ClF4NO4. The molecule has 180 valence electrons. The molecule has 10 heteroatoms. The van der Waals surface area contributed by atoms with E-state index in [0.717, 1.165) is 25.4 Å². The van der Waals surface area contributed by atoms with E-state index in [4.69, 9.17) is 16.3 Å². The lowest BCUT2D eigenvalue weighted by atomic mass is 9.78. The SMILES string of the molecule is COC(=O)c1ccc(-c2ccc([C@H](C)[C@](O)(c3ccc(OC)nc3)C(F)(F)F)c(Cl)c2)cc1F. The van der Waals surface area contributed by atoms with Crippen LogP contribution in [0.25, 0.3) is 11.1 Å². The average Bonchev–Trinajstić information content (AvgIpc) is 2.81. The summed E-state index contributed by atoms with van der Waals surface area (Å²) >= 11 is 6.33. The monoisotopic (exact) mass is 497 g/mol. The molecular weight excluding hydrogens is 478 g/mol. The number of ether oxygens (including phenoxy) is 2. The highest BCUT2D eigenvalue weighted by Gasteiger charge is 2.59. The second-order valence-electron chi connectivity index (χ2n) is 7.50. The lowest BCUT2D eigenvalue weighted by Gasteiger charge is -2.36. The molecule has 3 aromatic rings. The third-order valence-electron chi connectivity index (χ3n) is 5.62. The number of methoxy groups -OCH3 is 2. The fourth-order valence-electron chi connectivity index (χ4n) is 3.64. The van der Waals surface area contributed by atoms with E-state index in [9.17, 15) is 27.5 Å². The molecule has 0 radical (unpaired) electrons. The summed E-state index contributed by atoms with van der Waals surface area (Å²) in [4.78, 5) is 15.4. The smallest absolute Gasteiger partial charge is 0.422 e. The molecule has 0 saturated heterocycles. The zero-order valence-electron chi connectivity index (χ0n) is 18.3. The van der Waals surface area contributed by atoms with Crippen LogP contribution in [0.4, 0.5) is 17.6 Å². The highest BCUT2D eigenvalue weighted by molar-refractivity contribution is 6.31. The Morgan fingerprint density at radius 2 is 1.71 bits per heavy atom. The normalized spacial score (nSPS) is 14.3. The molecule has 1 heterocycles. The van der Waals surface area contributed by atoms with Gasteiger partial charge in [-0.05, 0) is 41.0 Å².